The lowest BCUT2D eigenvalue weighted by atomic mass is 9.72. The lowest BCUT2D eigenvalue weighted by Gasteiger charge is -2.35. The molecular formula is C18H24BNO3. The second-order valence-electron chi connectivity index (χ2n) is 6.68. The number of rotatable bonds is 3. The van der Waals surface area contributed by atoms with Gasteiger partial charge in [-0.15, -0.1) is 0 Å². The van der Waals surface area contributed by atoms with Gasteiger partial charge in [0.1, 0.15) is 0 Å². The van der Waals surface area contributed by atoms with Gasteiger partial charge in [-0.05, 0) is 31.2 Å². The van der Waals surface area contributed by atoms with E-state index in [1.165, 1.54) is 5.56 Å². The number of nitrogens with zero attached hydrogens (tertiary/aromatic N) is 1. The van der Waals surface area contributed by atoms with Gasteiger partial charge in [0.2, 0.25) is 5.91 Å². The van der Waals surface area contributed by atoms with Crippen molar-refractivity contribution in [2.75, 3.05) is 6.54 Å². The molecule has 3 rings (SSSR count). The molecule has 0 bridgehead atoms. The number of carbonyl (C=O) groups is 1. The van der Waals surface area contributed by atoms with Crippen LogP contribution in [0.4, 0.5) is 0 Å². The van der Waals surface area contributed by atoms with Crippen LogP contribution in [0.2, 0.25) is 0 Å². The van der Waals surface area contributed by atoms with Crippen LogP contribution in [-0.4, -0.2) is 40.5 Å². The van der Waals surface area contributed by atoms with Gasteiger partial charge < -0.3 is 14.9 Å². The van der Waals surface area contributed by atoms with Crippen LogP contribution in [0, 0.1) is 5.92 Å². The topological polar surface area (TPSA) is 60.8 Å². The average Bonchev–Trinajstić information content (AvgIpc) is 3.05. The van der Waals surface area contributed by atoms with Crippen molar-refractivity contribution < 1.29 is 14.8 Å². The van der Waals surface area contributed by atoms with E-state index in [1.807, 2.05) is 18.2 Å². The molecule has 2 fully saturated rings. The highest BCUT2D eigenvalue weighted by Crippen LogP contribution is 2.41. The summed E-state index contributed by atoms with van der Waals surface area (Å²) in [5.74, 6) is -0.425. The van der Waals surface area contributed by atoms with Gasteiger partial charge in [0.25, 0.3) is 0 Å². The summed E-state index contributed by atoms with van der Waals surface area (Å²) in [5, 5.41) is 19.0. The highest BCUT2D eigenvalue weighted by atomic mass is 16.4. The monoisotopic (exact) mass is 313 g/mol. The molecule has 1 aliphatic heterocycles. The molecule has 0 aromatic heterocycles. The SMILES string of the molecule is C=C1C(C(=O)N2CCC[C@H]2B(O)O)CCCC1c1ccccc1. The van der Waals surface area contributed by atoms with E-state index >= 15 is 0 Å². The molecule has 2 aliphatic rings. The predicted octanol–water partition coefficient (Wildman–Crippen LogP) is 2.13. The molecule has 3 atom stereocenters. The van der Waals surface area contributed by atoms with Gasteiger partial charge in [-0.25, -0.2) is 0 Å². The van der Waals surface area contributed by atoms with Gasteiger partial charge in [-0.1, -0.05) is 48.9 Å². The first-order chi connectivity index (χ1) is 11.1. The normalized spacial score (nSPS) is 28.0. The Labute approximate surface area is 138 Å². The van der Waals surface area contributed by atoms with Crippen LogP contribution < -0.4 is 0 Å². The Balaban J connectivity index is 1.77. The molecule has 122 valence electrons. The summed E-state index contributed by atoms with van der Waals surface area (Å²) in [6.07, 6.45) is 4.32. The third kappa shape index (κ3) is 3.21. The summed E-state index contributed by atoms with van der Waals surface area (Å²) < 4.78 is 0. The van der Waals surface area contributed by atoms with Crippen molar-refractivity contribution in [3.8, 4) is 0 Å². The standard InChI is InChI=1S/C18H24BNO3/c1-13-15(14-7-3-2-4-8-14)9-5-10-16(13)18(21)20-12-6-11-17(20)19(22)23/h2-4,7-8,15-17,22-23H,1,5-6,9-12H2/t15?,16?,17-/m0/s1. The summed E-state index contributed by atoms with van der Waals surface area (Å²) in [6, 6.07) is 10.2. The highest BCUT2D eigenvalue weighted by Gasteiger charge is 2.41. The maximum absolute atomic E-state index is 12.9. The Hall–Kier alpha value is -1.59. The Bertz CT molecular complexity index is 575. The maximum atomic E-state index is 12.9. The lowest BCUT2D eigenvalue weighted by Crippen LogP contribution is -2.48. The van der Waals surface area contributed by atoms with E-state index in [0.29, 0.717) is 13.0 Å². The van der Waals surface area contributed by atoms with Crippen LogP contribution in [0.25, 0.3) is 0 Å². The minimum atomic E-state index is -1.46. The second kappa shape index (κ2) is 6.89. The van der Waals surface area contributed by atoms with Crippen molar-refractivity contribution in [2.45, 2.75) is 44.0 Å². The van der Waals surface area contributed by atoms with Gasteiger partial charge in [-0.2, -0.15) is 0 Å². The van der Waals surface area contributed by atoms with E-state index < -0.39 is 13.1 Å². The van der Waals surface area contributed by atoms with Crippen molar-refractivity contribution in [3.05, 3.63) is 48.0 Å². The molecule has 1 saturated carbocycles. The minimum absolute atomic E-state index is 0.0197. The quantitative estimate of drug-likeness (QED) is 0.664. The molecule has 1 heterocycles. The van der Waals surface area contributed by atoms with Gasteiger partial charge in [0, 0.05) is 12.5 Å². The Morgan fingerprint density at radius 3 is 2.57 bits per heavy atom. The van der Waals surface area contributed by atoms with Crippen molar-refractivity contribution in [1.82, 2.24) is 4.90 Å². The molecule has 1 amide bonds. The van der Waals surface area contributed by atoms with E-state index in [-0.39, 0.29) is 17.7 Å². The number of hydrogen-bond acceptors (Lipinski definition) is 3. The molecule has 5 heteroatoms. The number of amides is 1. The first kappa shape index (κ1) is 16.3. The van der Waals surface area contributed by atoms with E-state index in [1.54, 1.807) is 4.90 Å². The van der Waals surface area contributed by atoms with E-state index in [2.05, 4.69) is 18.7 Å². The Morgan fingerprint density at radius 2 is 1.87 bits per heavy atom. The molecule has 1 saturated heterocycles. The van der Waals surface area contributed by atoms with Crippen molar-refractivity contribution in [3.63, 3.8) is 0 Å². The van der Waals surface area contributed by atoms with E-state index in [4.69, 9.17) is 0 Å². The smallest absolute Gasteiger partial charge is 0.426 e. The third-order valence-electron chi connectivity index (χ3n) is 5.31. The summed E-state index contributed by atoms with van der Waals surface area (Å²) in [6.45, 7) is 4.86. The molecule has 2 N–H and O–H groups in total. The molecule has 4 nitrogen and oxygen atoms in total. The number of likely N-dealkylation sites (tertiary alicyclic amines) is 1. The van der Waals surface area contributed by atoms with E-state index in [9.17, 15) is 14.8 Å². The van der Waals surface area contributed by atoms with Crippen molar-refractivity contribution in [1.29, 1.82) is 0 Å². The van der Waals surface area contributed by atoms with Gasteiger partial charge >= 0.3 is 7.12 Å². The van der Waals surface area contributed by atoms with Crippen molar-refractivity contribution >= 4 is 13.0 Å². The third-order valence-corrected chi connectivity index (χ3v) is 5.31. The van der Waals surface area contributed by atoms with Crippen LogP contribution in [0.15, 0.2) is 42.5 Å². The Kier molecular flexibility index (Phi) is 4.88. The zero-order valence-electron chi connectivity index (χ0n) is 13.4. The van der Waals surface area contributed by atoms with Gasteiger partial charge in [-0.3, -0.25) is 4.79 Å². The van der Waals surface area contributed by atoms with Crippen LogP contribution >= 0.6 is 0 Å². The van der Waals surface area contributed by atoms with Crippen LogP contribution in [0.1, 0.15) is 43.6 Å². The molecule has 1 aromatic carbocycles. The molecule has 1 aliphatic carbocycles. The molecule has 1 aromatic rings. The summed E-state index contributed by atoms with van der Waals surface area (Å²) in [7, 11) is -1.46. The number of carbonyl (C=O) groups excluding carboxylic acids is 1. The molecule has 0 spiro atoms. The molecule has 2 unspecified atom stereocenters. The fourth-order valence-electron chi connectivity index (χ4n) is 4.06. The second-order valence-corrected chi connectivity index (χ2v) is 6.68. The largest absolute Gasteiger partial charge is 0.475 e. The summed E-state index contributed by atoms with van der Waals surface area (Å²) >= 11 is 0. The zero-order valence-corrected chi connectivity index (χ0v) is 13.4. The minimum Gasteiger partial charge on any atom is -0.426 e. The summed E-state index contributed by atoms with van der Waals surface area (Å²) in [5.41, 5.74) is 2.20. The van der Waals surface area contributed by atoms with Crippen LogP contribution in [-0.2, 0) is 4.79 Å². The van der Waals surface area contributed by atoms with Crippen LogP contribution in [0.5, 0.6) is 0 Å². The number of benzene rings is 1. The van der Waals surface area contributed by atoms with Gasteiger partial charge in [0.05, 0.1) is 11.9 Å². The van der Waals surface area contributed by atoms with Crippen molar-refractivity contribution in [2.24, 2.45) is 5.92 Å². The molecule has 23 heavy (non-hydrogen) atoms. The van der Waals surface area contributed by atoms with Gasteiger partial charge in [0.15, 0.2) is 0 Å². The predicted molar refractivity (Wildman–Crippen MR) is 90.6 cm³/mol. The zero-order chi connectivity index (χ0) is 16.4. The fraction of sp³-hybridized carbons (Fsp3) is 0.500. The first-order valence-electron chi connectivity index (χ1n) is 8.50. The molecular weight excluding hydrogens is 289 g/mol. The maximum Gasteiger partial charge on any atom is 0.475 e. The first-order valence-corrected chi connectivity index (χ1v) is 8.50. The van der Waals surface area contributed by atoms with E-state index in [0.717, 1.165) is 31.3 Å². The number of hydrogen-bond donors (Lipinski definition) is 2. The highest BCUT2D eigenvalue weighted by molar-refractivity contribution is 6.43. The molecule has 0 radical (unpaired) electrons. The average molecular weight is 313 g/mol. The lowest BCUT2D eigenvalue weighted by molar-refractivity contribution is -0.135. The van der Waals surface area contributed by atoms with Crippen LogP contribution in [0.3, 0.4) is 0 Å². The fourth-order valence-corrected chi connectivity index (χ4v) is 4.06. The Morgan fingerprint density at radius 1 is 1.13 bits per heavy atom. The summed E-state index contributed by atoms with van der Waals surface area (Å²) in [4.78, 5) is 14.6.